The monoisotopic (exact) mass is 504 g/mol. The summed E-state index contributed by atoms with van der Waals surface area (Å²) in [5, 5.41) is 23.7. The maximum Gasteiger partial charge on any atom is 0.224 e. The van der Waals surface area contributed by atoms with Crippen molar-refractivity contribution < 1.29 is 9.53 Å². The van der Waals surface area contributed by atoms with Gasteiger partial charge in [-0.1, -0.05) is 26.2 Å². The first-order valence-corrected chi connectivity index (χ1v) is 14.3. The fourth-order valence-corrected chi connectivity index (χ4v) is 6.71. The molecule has 2 heterocycles. The van der Waals surface area contributed by atoms with E-state index in [0.717, 1.165) is 90.5 Å². The van der Waals surface area contributed by atoms with Gasteiger partial charge in [0.1, 0.15) is 6.04 Å². The van der Waals surface area contributed by atoms with Gasteiger partial charge in [0.2, 0.25) is 5.91 Å². The lowest BCUT2D eigenvalue weighted by Gasteiger charge is -2.37. The van der Waals surface area contributed by atoms with Crippen molar-refractivity contribution in [3.05, 3.63) is 0 Å². The third kappa shape index (κ3) is 6.95. The van der Waals surface area contributed by atoms with Crippen LogP contribution >= 0.6 is 0 Å². The van der Waals surface area contributed by atoms with Gasteiger partial charge in [0.25, 0.3) is 0 Å². The Morgan fingerprint density at radius 2 is 2.03 bits per heavy atom. The lowest BCUT2D eigenvalue weighted by Crippen LogP contribution is -2.59. The number of hydrogen-bond acceptors (Lipinski definition) is 9. The molecule has 2 saturated heterocycles. The van der Waals surface area contributed by atoms with Gasteiger partial charge in [-0.25, -0.2) is 10.9 Å². The Balaban J connectivity index is 1.27. The van der Waals surface area contributed by atoms with Crippen molar-refractivity contribution in [1.29, 1.82) is 5.26 Å². The zero-order valence-electron chi connectivity index (χ0n) is 22.2. The van der Waals surface area contributed by atoms with Gasteiger partial charge in [-0.15, -0.1) is 0 Å². The van der Waals surface area contributed by atoms with E-state index in [9.17, 15) is 10.1 Å². The lowest BCUT2D eigenvalue weighted by atomic mass is 9.80. The highest BCUT2D eigenvalue weighted by molar-refractivity contribution is 5.79. The molecular formula is C26H48N8O2. The Labute approximate surface area is 217 Å². The fraction of sp³-hybridized carbons (Fsp3) is 0.923. The summed E-state index contributed by atoms with van der Waals surface area (Å²) >= 11 is 0. The number of methoxy groups -OCH3 is 1. The van der Waals surface area contributed by atoms with Crippen LogP contribution in [0.5, 0.6) is 0 Å². The SMILES string of the molecule is CCCN1C(CNC2CCCC(C(=O)N[C@@H](C#N)C3CCCCC3OC)C2)NNC1C1CCNCN1. The minimum absolute atomic E-state index is 0.0372. The van der Waals surface area contributed by atoms with Crippen LogP contribution in [0, 0.1) is 23.2 Å². The summed E-state index contributed by atoms with van der Waals surface area (Å²) < 4.78 is 5.65. The first kappa shape index (κ1) is 27.7. The second kappa shape index (κ2) is 14.0. The van der Waals surface area contributed by atoms with Crippen molar-refractivity contribution in [1.82, 2.24) is 37.0 Å². The summed E-state index contributed by atoms with van der Waals surface area (Å²) in [5.74, 6) is 0.0895. The summed E-state index contributed by atoms with van der Waals surface area (Å²) in [5.41, 5.74) is 7.05. The Morgan fingerprint density at radius 3 is 2.78 bits per heavy atom. The van der Waals surface area contributed by atoms with E-state index >= 15 is 0 Å². The first-order chi connectivity index (χ1) is 17.6. The Kier molecular flexibility index (Phi) is 10.8. The molecule has 10 nitrogen and oxygen atoms in total. The van der Waals surface area contributed by atoms with E-state index in [4.69, 9.17) is 4.74 Å². The molecule has 2 aliphatic carbocycles. The molecule has 0 bridgehead atoms. The summed E-state index contributed by atoms with van der Waals surface area (Å²) in [6, 6.07) is 2.65. The highest BCUT2D eigenvalue weighted by Gasteiger charge is 2.39. The zero-order chi connectivity index (χ0) is 25.3. The molecule has 10 heteroatoms. The minimum atomic E-state index is -0.465. The summed E-state index contributed by atoms with van der Waals surface area (Å²) in [4.78, 5) is 15.7. The van der Waals surface area contributed by atoms with Crippen molar-refractivity contribution in [2.75, 3.05) is 33.4 Å². The van der Waals surface area contributed by atoms with Gasteiger partial charge in [-0.05, 0) is 51.5 Å². The van der Waals surface area contributed by atoms with Crippen molar-refractivity contribution in [3.8, 4) is 6.07 Å². The maximum atomic E-state index is 13.2. The lowest BCUT2D eigenvalue weighted by molar-refractivity contribution is -0.127. The molecule has 7 unspecified atom stereocenters. The van der Waals surface area contributed by atoms with E-state index in [2.05, 4.69) is 50.0 Å². The molecule has 0 spiro atoms. The number of carbonyl (C=O) groups excluding carboxylic acids is 1. The predicted octanol–water partition coefficient (Wildman–Crippen LogP) is 0.729. The molecule has 2 aliphatic heterocycles. The second-order valence-electron chi connectivity index (χ2n) is 11.1. The van der Waals surface area contributed by atoms with E-state index < -0.39 is 6.04 Å². The minimum Gasteiger partial charge on any atom is -0.381 e. The van der Waals surface area contributed by atoms with Crippen molar-refractivity contribution >= 4 is 5.91 Å². The van der Waals surface area contributed by atoms with Gasteiger partial charge in [-0.2, -0.15) is 5.26 Å². The molecule has 8 atom stereocenters. The molecule has 4 rings (SSSR count). The zero-order valence-corrected chi connectivity index (χ0v) is 22.2. The highest BCUT2D eigenvalue weighted by Crippen LogP contribution is 2.30. The first-order valence-electron chi connectivity index (χ1n) is 14.3. The highest BCUT2D eigenvalue weighted by atomic mass is 16.5. The van der Waals surface area contributed by atoms with E-state index in [0.29, 0.717) is 12.1 Å². The van der Waals surface area contributed by atoms with Gasteiger partial charge < -0.3 is 20.7 Å². The standard InChI is InChI=1S/C26H48N8O2/c1-3-13-34-24(32-33-25(34)21-11-12-28-17-30-21)16-29-19-8-6-7-18(14-19)26(35)31-22(15-27)20-9-4-5-10-23(20)36-2/h18-25,28-30,32-33H,3-14,16-17H2,1-2H3,(H,31,35)/t18?,19?,20?,21?,22-,23?,24?,25?/m0/s1. The normalized spacial score (nSPS) is 36.8. The van der Waals surface area contributed by atoms with Gasteiger partial charge in [0.05, 0.1) is 24.5 Å². The molecule has 1 amide bonds. The quantitative estimate of drug-likeness (QED) is 0.255. The Hall–Kier alpha value is -1.32. The largest absolute Gasteiger partial charge is 0.381 e. The number of hydrazine groups is 1. The van der Waals surface area contributed by atoms with E-state index in [1.807, 2.05) is 0 Å². The van der Waals surface area contributed by atoms with Crippen LogP contribution in [0.1, 0.15) is 71.1 Å². The van der Waals surface area contributed by atoms with Gasteiger partial charge >= 0.3 is 0 Å². The molecule has 0 radical (unpaired) electrons. The Bertz CT molecular complexity index is 727. The number of nitriles is 1. The molecule has 0 aromatic heterocycles. The number of nitrogens with zero attached hydrogens (tertiary/aromatic N) is 2. The molecule has 4 fully saturated rings. The van der Waals surface area contributed by atoms with Crippen LogP contribution in [0.15, 0.2) is 0 Å². The van der Waals surface area contributed by atoms with Crippen LogP contribution in [0.2, 0.25) is 0 Å². The van der Waals surface area contributed by atoms with Crippen LogP contribution in [-0.2, 0) is 9.53 Å². The van der Waals surface area contributed by atoms with Crippen LogP contribution in [0.25, 0.3) is 0 Å². The summed E-state index contributed by atoms with van der Waals surface area (Å²) in [6.07, 6.45) is 10.8. The van der Waals surface area contributed by atoms with E-state index in [1.165, 1.54) is 0 Å². The number of nitrogens with one attached hydrogen (secondary N) is 6. The molecule has 4 aliphatic rings. The number of rotatable bonds is 10. The summed E-state index contributed by atoms with van der Waals surface area (Å²) in [6.45, 7) is 6.01. The molecule has 204 valence electrons. The van der Waals surface area contributed by atoms with Crippen molar-refractivity contribution in [2.24, 2.45) is 11.8 Å². The number of carbonyl (C=O) groups is 1. The van der Waals surface area contributed by atoms with Crippen molar-refractivity contribution in [3.63, 3.8) is 0 Å². The number of ether oxygens (including phenoxy) is 1. The van der Waals surface area contributed by atoms with Crippen LogP contribution in [0.3, 0.4) is 0 Å². The van der Waals surface area contributed by atoms with Crippen LogP contribution in [0.4, 0.5) is 0 Å². The molecular weight excluding hydrogens is 456 g/mol. The van der Waals surface area contributed by atoms with Gasteiger partial charge in [-0.3, -0.25) is 15.0 Å². The molecule has 36 heavy (non-hydrogen) atoms. The predicted molar refractivity (Wildman–Crippen MR) is 139 cm³/mol. The molecule has 2 saturated carbocycles. The fourth-order valence-electron chi connectivity index (χ4n) is 6.71. The molecule has 6 N–H and O–H groups in total. The van der Waals surface area contributed by atoms with Gasteiger partial charge in [0, 0.05) is 50.8 Å². The average molecular weight is 505 g/mol. The third-order valence-electron chi connectivity index (χ3n) is 8.71. The van der Waals surface area contributed by atoms with E-state index in [-0.39, 0.29) is 36.2 Å². The second-order valence-corrected chi connectivity index (χ2v) is 11.1. The average Bonchev–Trinajstić information content (AvgIpc) is 3.33. The van der Waals surface area contributed by atoms with Gasteiger partial charge in [0.15, 0.2) is 0 Å². The third-order valence-corrected chi connectivity index (χ3v) is 8.71. The smallest absolute Gasteiger partial charge is 0.224 e. The molecule has 0 aromatic rings. The Morgan fingerprint density at radius 1 is 1.17 bits per heavy atom. The van der Waals surface area contributed by atoms with E-state index in [1.54, 1.807) is 7.11 Å². The summed E-state index contributed by atoms with van der Waals surface area (Å²) in [7, 11) is 1.72. The van der Waals surface area contributed by atoms with Crippen molar-refractivity contribution in [2.45, 2.75) is 108 Å². The maximum absolute atomic E-state index is 13.2. The number of hydrogen-bond donors (Lipinski definition) is 6. The van der Waals surface area contributed by atoms with Crippen LogP contribution < -0.4 is 32.1 Å². The number of amides is 1. The topological polar surface area (TPSA) is 126 Å². The van der Waals surface area contributed by atoms with Crippen LogP contribution in [-0.4, -0.2) is 80.8 Å². The molecule has 0 aromatic carbocycles.